The van der Waals surface area contributed by atoms with Crippen molar-refractivity contribution in [3.05, 3.63) is 0 Å². The highest BCUT2D eigenvalue weighted by Crippen LogP contribution is 2.63. The average molecular weight is 368 g/mol. The molecule has 0 aromatic carbocycles. The summed E-state index contributed by atoms with van der Waals surface area (Å²) in [5, 5.41) is 12.3. The van der Waals surface area contributed by atoms with Crippen LogP contribution >= 0.6 is 0 Å². The van der Waals surface area contributed by atoms with Crippen LogP contribution in [0.5, 0.6) is 0 Å². The molecule has 0 aromatic heterocycles. The van der Waals surface area contributed by atoms with Gasteiger partial charge in [0.25, 0.3) is 0 Å². The first-order valence-electron chi connectivity index (χ1n) is 9.30. The van der Waals surface area contributed by atoms with Gasteiger partial charge in [-0.2, -0.15) is 0 Å². The standard InChI is InChI=1S/C18H28N2O6/c1-5-25-16(24)12-11-15(23)20(8-9-21)13(14(22)19-10(2)3)18(11)7-6-17(12,4)26-18/h10-13,21H,5-9H2,1-4H3,(H,19,22)/t11-,12+,13?,17-,18?/m0/s1. The van der Waals surface area contributed by atoms with E-state index in [0.29, 0.717) is 12.8 Å². The summed E-state index contributed by atoms with van der Waals surface area (Å²) in [4.78, 5) is 40.1. The zero-order valence-electron chi connectivity index (χ0n) is 15.8. The maximum absolute atomic E-state index is 13.2. The molecule has 3 aliphatic heterocycles. The molecule has 0 saturated carbocycles. The van der Waals surface area contributed by atoms with Crippen LogP contribution in [0.4, 0.5) is 0 Å². The Labute approximate surface area is 153 Å². The molecule has 2 amide bonds. The number of likely N-dealkylation sites (tertiary alicyclic amines) is 1. The van der Waals surface area contributed by atoms with Crippen molar-refractivity contribution in [3.8, 4) is 0 Å². The highest BCUT2D eigenvalue weighted by atomic mass is 16.6. The number of aliphatic hydroxyl groups is 1. The van der Waals surface area contributed by atoms with Crippen LogP contribution in [-0.2, 0) is 23.9 Å². The normalized spacial score (nSPS) is 38.0. The fraction of sp³-hybridized carbons (Fsp3) is 0.833. The molecule has 0 radical (unpaired) electrons. The van der Waals surface area contributed by atoms with Crippen LogP contribution in [0.25, 0.3) is 0 Å². The number of fused-ring (bicyclic) bond motifs is 1. The minimum absolute atomic E-state index is 0.0306. The maximum Gasteiger partial charge on any atom is 0.312 e. The second kappa shape index (κ2) is 6.49. The van der Waals surface area contributed by atoms with E-state index in [1.165, 1.54) is 4.90 Å². The van der Waals surface area contributed by atoms with Crippen molar-refractivity contribution >= 4 is 17.8 Å². The average Bonchev–Trinajstić information content (AvgIpc) is 3.09. The van der Waals surface area contributed by atoms with Crippen LogP contribution in [0.15, 0.2) is 0 Å². The summed E-state index contributed by atoms with van der Waals surface area (Å²) in [6.45, 7) is 7.22. The molecule has 5 atom stereocenters. The first kappa shape index (κ1) is 19.1. The maximum atomic E-state index is 13.2. The van der Waals surface area contributed by atoms with E-state index >= 15 is 0 Å². The number of rotatable bonds is 6. The first-order valence-corrected chi connectivity index (χ1v) is 9.30. The molecule has 146 valence electrons. The number of carbonyl (C=O) groups is 3. The SMILES string of the molecule is CCOC(=O)[C@H]1[C@H]2C(=O)N(CCO)C(C(=O)NC(C)C)C23CC[C@]1(C)O3. The Morgan fingerprint density at radius 1 is 1.42 bits per heavy atom. The molecule has 8 heteroatoms. The number of aliphatic hydroxyl groups excluding tert-OH is 1. The summed E-state index contributed by atoms with van der Waals surface area (Å²) in [6.07, 6.45) is 1.10. The molecule has 0 aliphatic carbocycles. The lowest BCUT2D eigenvalue weighted by Crippen LogP contribution is -2.56. The van der Waals surface area contributed by atoms with E-state index in [9.17, 15) is 19.5 Å². The second-order valence-electron chi connectivity index (χ2n) is 7.90. The van der Waals surface area contributed by atoms with E-state index in [0.717, 1.165) is 0 Å². The van der Waals surface area contributed by atoms with Crippen LogP contribution in [0, 0.1) is 11.8 Å². The van der Waals surface area contributed by atoms with Crippen LogP contribution in [-0.4, -0.2) is 70.8 Å². The number of amides is 2. The number of nitrogens with zero attached hydrogens (tertiary/aromatic N) is 1. The van der Waals surface area contributed by atoms with Gasteiger partial charge in [-0.1, -0.05) is 0 Å². The van der Waals surface area contributed by atoms with Crippen molar-refractivity contribution in [2.75, 3.05) is 19.8 Å². The summed E-state index contributed by atoms with van der Waals surface area (Å²) in [5.41, 5.74) is -1.86. The Kier molecular flexibility index (Phi) is 4.77. The Balaban J connectivity index is 2.03. The molecule has 8 nitrogen and oxygen atoms in total. The topological polar surface area (TPSA) is 105 Å². The molecule has 3 saturated heterocycles. The largest absolute Gasteiger partial charge is 0.466 e. The first-order chi connectivity index (χ1) is 12.2. The molecule has 3 aliphatic rings. The Morgan fingerprint density at radius 3 is 2.69 bits per heavy atom. The van der Waals surface area contributed by atoms with Gasteiger partial charge >= 0.3 is 5.97 Å². The van der Waals surface area contributed by atoms with Crippen molar-refractivity contribution < 1.29 is 29.0 Å². The van der Waals surface area contributed by atoms with Gasteiger partial charge in [-0.25, -0.2) is 0 Å². The summed E-state index contributed by atoms with van der Waals surface area (Å²) in [6, 6.07) is -0.949. The van der Waals surface area contributed by atoms with E-state index in [2.05, 4.69) is 5.32 Å². The van der Waals surface area contributed by atoms with Crippen molar-refractivity contribution in [1.29, 1.82) is 0 Å². The lowest BCUT2D eigenvalue weighted by Gasteiger charge is -2.33. The molecular formula is C18H28N2O6. The van der Waals surface area contributed by atoms with Gasteiger partial charge in [0.1, 0.15) is 17.6 Å². The number of nitrogens with one attached hydrogen (secondary N) is 1. The highest BCUT2D eigenvalue weighted by molar-refractivity contribution is 5.98. The minimum atomic E-state index is -1.04. The number of β-amino-alcohol motifs (C(OH)–C–C–N with tert-alkyl or cyclic N) is 1. The van der Waals surface area contributed by atoms with Crippen LogP contribution in [0.2, 0.25) is 0 Å². The second-order valence-corrected chi connectivity index (χ2v) is 7.90. The number of carbonyl (C=O) groups excluding carboxylic acids is 3. The molecular weight excluding hydrogens is 340 g/mol. The molecule has 0 aromatic rings. The summed E-state index contributed by atoms with van der Waals surface area (Å²) in [5.74, 6) is -2.57. The van der Waals surface area contributed by atoms with E-state index in [1.807, 2.05) is 20.8 Å². The Hall–Kier alpha value is -1.67. The zero-order chi connectivity index (χ0) is 19.3. The van der Waals surface area contributed by atoms with Gasteiger partial charge in [-0.3, -0.25) is 14.4 Å². The van der Waals surface area contributed by atoms with E-state index in [4.69, 9.17) is 9.47 Å². The van der Waals surface area contributed by atoms with Gasteiger partial charge in [0, 0.05) is 12.6 Å². The molecule has 3 fully saturated rings. The molecule has 2 unspecified atom stereocenters. The van der Waals surface area contributed by atoms with Crippen molar-refractivity contribution in [2.45, 2.75) is 63.8 Å². The third-order valence-electron chi connectivity index (χ3n) is 5.84. The van der Waals surface area contributed by atoms with E-state index in [-0.39, 0.29) is 37.6 Å². The van der Waals surface area contributed by atoms with Crippen LogP contribution in [0.1, 0.15) is 40.5 Å². The van der Waals surface area contributed by atoms with Gasteiger partial charge in [0.15, 0.2) is 0 Å². The highest BCUT2D eigenvalue weighted by Gasteiger charge is 2.78. The van der Waals surface area contributed by atoms with Gasteiger partial charge in [-0.05, 0) is 40.5 Å². The molecule has 26 heavy (non-hydrogen) atoms. The molecule has 3 rings (SSSR count). The minimum Gasteiger partial charge on any atom is -0.466 e. The third kappa shape index (κ3) is 2.53. The number of hydrogen-bond donors (Lipinski definition) is 2. The fourth-order valence-electron chi connectivity index (χ4n) is 5.03. The fourth-order valence-corrected chi connectivity index (χ4v) is 5.03. The van der Waals surface area contributed by atoms with Crippen molar-refractivity contribution in [3.63, 3.8) is 0 Å². The number of ether oxygens (including phenoxy) is 2. The number of esters is 1. The lowest BCUT2D eigenvalue weighted by atomic mass is 9.66. The molecule has 2 N–H and O–H groups in total. The lowest BCUT2D eigenvalue weighted by molar-refractivity contribution is -0.159. The third-order valence-corrected chi connectivity index (χ3v) is 5.84. The van der Waals surface area contributed by atoms with Gasteiger partial charge in [-0.15, -0.1) is 0 Å². The molecule has 3 heterocycles. The van der Waals surface area contributed by atoms with Gasteiger partial charge in [0.2, 0.25) is 11.8 Å². The summed E-state index contributed by atoms with van der Waals surface area (Å²) >= 11 is 0. The zero-order valence-corrected chi connectivity index (χ0v) is 15.8. The monoisotopic (exact) mass is 368 g/mol. The predicted molar refractivity (Wildman–Crippen MR) is 90.9 cm³/mol. The predicted octanol–water partition coefficient (Wildman–Crippen LogP) is -0.169. The van der Waals surface area contributed by atoms with Crippen LogP contribution < -0.4 is 5.32 Å². The summed E-state index contributed by atoms with van der Waals surface area (Å²) in [7, 11) is 0. The van der Waals surface area contributed by atoms with E-state index < -0.39 is 35.0 Å². The Bertz CT molecular complexity index is 623. The molecule has 2 bridgehead atoms. The smallest absolute Gasteiger partial charge is 0.312 e. The quantitative estimate of drug-likeness (QED) is 0.631. The van der Waals surface area contributed by atoms with Gasteiger partial charge < -0.3 is 24.8 Å². The van der Waals surface area contributed by atoms with Crippen molar-refractivity contribution in [2.24, 2.45) is 11.8 Å². The Morgan fingerprint density at radius 2 is 2.12 bits per heavy atom. The van der Waals surface area contributed by atoms with Crippen LogP contribution in [0.3, 0.4) is 0 Å². The summed E-state index contributed by atoms with van der Waals surface area (Å²) < 4.78 is 11.5. The number of hydrogen-bond acceptors (Lipinski definition) is 6. The van der Waals surface area contributed by atoms with Crippen molar-refractivity contribution in [1.82, 2.24) is 10.2 Å². The van der Waals surface area contributed by atoms with Gasteiger partial charge in [0.05, 0.1) is 24.7 Å². The molecule has 1 spiro atoms. The van der Waals surface area contributed by atoms with E-state index in [1.54, 1.807) is 6.92 Å².